The molecular formula is C8H14N2O5S. The van der Waals surface area contributed by atoms with Gasteiger partial charge >= 0.3 is 16.3 Å². The molecule has 1 aliphatic rings. The Kier molecular flexibility index (Phi) is 4.25. The van der Waals surface area contributed by atoms with E-state index in [2.05, 4.69) is 9.46 Å². The van der Waals surface area contributed by atoms with Crippen molar-refractivity contribution in [3.63, 3.8) is 0 Å². The van der Waals surface area contributed by atoms with Crippen LogP contribution in [0.25, 0.3) is 0 Å². The van der Waals surface area contributed by atoms with Crippen molar-refractivity contribution in [1.82, 2.24) is 9.44 Å². The smallest absolute Gasteiger partial charge is 0.421 e. The maximum atomic E-state index is 11.3. The van der Waals surface area contributed by atoms with Crippen LogP contribution in [0.15, 0.2) is 0 Å². The van der Waals surface area contributed by atoms with E-state index in [1.807, 2.05) is 0 Å². The molecule has 92 valence electrons. The quantitative estimate of drug-likeness (QED) is 0.715. The third-order valence-corrected chi connectivity index (χ3v) is 3.35. The molecule has 0 saturated heterocycles. The number of amides is 1. The van der Waals surface area contributed by atoms with Gasteiger partial charge in [-0.15, -0.1) is 0 Å². The van der Waals surface area contributed by atoms with Gasteiger partial charge in [0.15, 0.2) is 0 Å². The second kappa shape index (κ2) is 5.26. The van der Waals surface area contributed by atoms with Crippen molar-refractivity contribution in [3.8, 4) is 0 Å². The summed E-state index contributed by atoms with van der Waals surface area (Å²) in [5.41, 5.74) is 0. The summed E-state index contributed by atoms with van der Waals surface area (Å²) in [7, 11) is -2.82. The van der Waals surface area contributed by atoms with Crippen molar-refractivity contribution in [3.05, 3.63) is 0 Å². The Bertz CT molecular complexity index is 368. The maximum Gasteiger partial charge on any atom is 0.421 e. The van der Waals surface area contributed by atoms with Crippen LogP contribution in [0.1, 0.15) is 25.7 Å². The lowest BCUT2D eigenvalue weighted by molar-refractivity contribution is -0.120. The van der Waals surface area contributed by atoms with Gasteiger partial charge in [-0.1, -0.05) is 0 Å². The highest BCUT2D eigenvalue weighted by Gasteiger charge is 2.24. The molecule has 0 spiro atoms. The van der Waals surface area contributed by atoms with E-state index in [0.29, 0.717) is 25.7 Å². The molecule has 16 heavy (non-hydrogen) atoms. The lowest BCUT2D eigenvalue weighted by Gasteiger charge is -2.21. The minimum Gasteiger partial charge on any atom is -0.452 e. The Morgan fingerprint density at radius 1 is 1.38 bits per heavy atom. The molecule has 0 aliphatic heterocycles. The first-order chi connectivity index (χ1) is 7.43. The molecule has 1 rings (SSSR count). The van der Waals surface area contributed by atoms with Crippen molar-refractivity contribution in [2.45, 2.75) is 31.7 Å². The molecular weight excluding hydrogens is 236 g/mol. The number of ketones is 1. The maximum absolute atomic E-state index is 11.3. The molecule has 1 saturated carbocycles. The van der Waals surface area contributed by atoms with Gasteiger partial charge in [0.2, 0.25) is 0 Å². The largest absolute Gasteiger partial charge is 0.452 e. The van der Waals surface area contributed by atoms with Crippen molar-refractivity contribution in [1.29, 1.82) is 0 Å². The fraction of sp³-hybridized carbons (Fsp3) is 0.750. The predicted molar refractivity (Wildman–Crippen MR) is 54.9 cm³/mol. The van der Waals surface area contributed by atoms with Crippen molar-refractivity contribution >= 4 is 22.1 Å². The van der Waals surface area contributed by atoms with Crippen molar-refractivity contribution in [2.75, 3.05) is 7.11 Å². The molecule has 2 N–H and O–H groups in total. The van der Waals surface area contributed by atoms with E-state index in [9.17, 15) is 18.0 Å². The molecule has 0 aromatic carbocycles. The standard InChI is InChI=1S/C8H14N2O5S/c1-15-8(12)10-16(13,14)9-6-2-4-7(11)5-3-6/h6,9H,2-5H2,1H3,(H,10,12). The Morgan fingerprint density at radius 3 is 2.44 bits per heavy atom. The normalized spacial score (nSPS) is 18.2. The summed E-state index contributed by atoms with van der Waals surface area (Å²) in [6, 6.07) is -0.306. The van der Waals surface area contributed by atoms with Crippen LogP contribution in [0.3, 0.4) is 0 Å². The summed E-state index contributed by atoms with van der Waals surface area (Å²) in [6.07, 6.45) is 0.609. The summed E-state index contributed by atoms with van der Waals surface area (Å²) in [6.45, 7) is 0. The van der Waals surface area contributed by atoms with Gasteiger partial charge in [-0.3, -0.25) is 4.79 Å². The van der Waals surface area contributed by atoms with Gasteiger partial charge in [-0.25, -0.2) is 9.52 Å². The Hall–Kier alpha value is -1.15. The van der Waals surface area contributed by atoms with E-state index in [0.717, 1.165) is 7.11 Å². The zero-order chi connectivity index (χ0) is 12.2. The average Bonchev–Trinajstić information content (AvgIpc) is 2.20. The fourth-order valence-corrected chi connectivity index (χ4v) is 2.49. The monoisotopic (exact) mass is 250 g/mol. The van der Waals surface area contributed by atoms with E-state index < -0.39 is 16.3 Å². The summed E-state index contributed by atoms with van der Waals surface area (Å²) in [5, 5.41) is 0. The molecule has 0 aromatic heterocycles. The number of carbonyl (C=O) groups is 2. The number of carbonyl (C=O) groups excluding carboxylic acids is 2. The van der Waals surface area contributed by atoms with Gasteiger partial charge in [0, 0.05) is 18.9 Å². The van der Waals surface area contributed by atoms with Gasteiger partial charge in [0.1, 0.15) is 5.78 Å². The number of ether oxygens (including phenoxy) is 1. The molecule has 0 atom stereocenters. The van der Waals surface area contributed by atoms with Crippen LogP contribution >= 0.6 is 0 Å². The molecule has 7 nitrogen and oxygen atoms in total. The van der Waals surface area contributed by atoms with Gasteiger partial charge in [0.05, 0.1) is 7.11 Å². The minimum absolute atomic E-state index is 0.136. The lowest BCUT2D eigenvalue weighted by atomic mass is 9.95. The van der Waals surface area contributed by atoms with Crippen LogP contribution in [0, 0.1) is 0 Å². The van der Waals surface area contributed by atoms with Crippen molar-refractivity contribution < 1.29 is 22.7 Å². The Labute approximate surface area is 93.7 Å². The number of Topliss-reactive ketones (excluding diaryl/α,β-unsaturated/α-hetero) is 1. The zero-order valence-electron chi connectivity index (χ0n) is 8.86. The molecule has 0 heterocycles. The molecule has 0 bridgehead atoms. The van der Waals surface area contributed by atoms with Crippen molar-refractivity contribution in [2.24, 2.45) is 0 Å². The highest BCUT2D eigenvalue weighted by atomic mass is 32.2. The third-order valence-electron chi connectivity index (χ3n) is 2.27. The average molecular weight is 250 g/mol. The number of hydrogen-bond acceptors (Lipinski definition) is 5. The third kappa shape index (κ3) is 4.15. The predicted octanol–water partition coefficient (Wildman–Crippen LogP) is -0.312. The van der Waals surface area contributed by atoms with Gasteiger partial charge in [0.25, 0.3) is 0 Å². The highest BCUT2D eigenvalue weighted by Crippen LogP contribution is 2.15. The molecule has 8 heteroatoms. The first-order valence-electron chi connectivity index (χ1n) is 4.82. The topological polar surface area (TPSA) is 102 Å². The van der Waals surface area contributed by atoms with E-state index in [4.69, 9.17) is 0 Å². The molecule has 0 unspecified atom stereocenters. The molecule has 0 aromatic rings. The van der Waals surface area contributed by atoms with Crippen LogP contribution in [-0.4, -0.2) is 33.4 Å². The molecule has 1 aliphatic carbocycles. The first kappa shape index (κ1) is 12.9. The van der Waals surface area contributed by atoms with E-state index in [1.165, 1.54) is 0 Å². The Balaban J connectivity index is 2.46. The van der Waals surface area contributed by atoms with Crippen LogP contribution in [0.5, 0.6) is 0 Å². The molecule has 1 amide bonds. The number of methoxy groups -OCH3 is 1. The van der Waals surface area contributed by atoms with Gasteiger partial charge in [-0.2, -0.15) is 13.1 Å². The number of hydrogen-bond donors (Lipinski definition) is 2. The van der Waals surface area contributed by atoms with Crippen LogP contribution in [0.4, 0.5) is 4.79 Å². The Morgan fingerprint density at radius 2 is 1.94 bits per heavy atom. The summed E-state index contributed by atoms with van der Waals surface area (Å²) in [5.74, 6) is 0.136. The number of nitrogens with one attached hydrogen (secondary N) is 2. The van der Waals surface area contributed by atoms with Gasteiger partial charge in [-0.05, 0) is 12.8 Å². The van der Waals surface area contributed by atoms with Crippen LogP contribution in [-0.2, 0) is 19.7 Å². The molecule has 1 fully saturated rings. The summed E-state index contributed by atoms with van der Waals surface area (Å²) >= 11 is 0. The SMILES string of the molecule is COC(=O)NS(=O)(=O)NC1CCC(=O)CC1. The fourth-order valence-electron chi connectivity index (χ4n) is 1.46. The second-order valence-electron chi connectivity index (χ2n) is 3.53. The molecule has 0 radical (unpaired) electrons. The van der Waals surface area contributed by atoms with E-state index >= 15 is 0 Å². The minimum atomic E-state index is -3.90. The van der Waals surface area contributed by atoms with Crippen LogP contribution < -0.4 is 9.44 Å². The van der Waals surface area contributed by atoms with E-state index in [-0.39, 0.29) is 11.8 Å². The summed E-state index contributed by atoms with van der Waals surface area (Å²) < 4.78 is 30.8. The zero-order valence-corrected chi connectivity index (χ0v) is 9.67. The van der Waals surface area contributed by atoms with Gasteiger partial charge < -0.3 is 4.74 Å². The van der Waals surface area contributed by atoms with Crippen LogP contribution in [0.2, 0.25) is 0 Å². The second-order valence-corrected chi connectivity index (χ2v) is 4.97. The number of rotatable bonds is 3. The summed E-state index contributed by atoms with van der Waals surface area (Å²) in [4.78, 5) is 21.6. The first-order valence-corrected chi connectivity index (χ1v) is 6.31. The lowest BCUT2D eigenvalue weighted by Crippen LogP contribution is -2.46. The highest BCUT2D eigenvalue weighted by molar-refractivity contribution is 7.88. The van der Waals surface area contributed by atoms with E-state index in [1.54, 1.807) is 4.72 Å².